The fourth-order valence-corrected chi connectivity index (χ4v) is 1.75. The van der Waals surface area contributed by atoms with Crippen LogP contribution in [-0.4, -0.2) is 27.2 Å². The first kappa shape index (κ1) is 13.2. The Labute approximate surface area is 111 Å². The van der Waals surface area contributed by atoms with Crippen molar-refractivity contribution in [2.75, 3.05) is 11.9 Å². The smallest absolute Gasteiger partial charge is 0.238 e. The maximum absolute atomic E-state index is 11.8. The maximum atomic E-state index is 11.8. The highest BCUT2D eigenvalue weighted by molar-refractivity contribution is 5.92. The van der Waals surface area contributed by atoms with Crippen molar-refractivity contribution in [3.05, 3.63) is 42.5 Å². The van der Waals surface area contributed by atoms with Crippen LogP contribution < -0.4 is 10.6 Å². The monoisotopic (exact) mass is 259 g/mol. The van der Waals surface area contributed by atoms with E-state index in [1.54, 1.807) is 6.33 Å². The Balaban J connectivity index is 1.82. The van der Waals surface area contributed by atoms with Crippen LogP contribution in [0.15, 0.2) is 36.7 Å². The molecule has 100 valence electrons. The van der Waals surface area contributed by atoms with Crippen LogP contribution in [0.4, 0.5) is 5.69 Å². The number of hydrogen-bond acceptors (Lipinski definition) is 4. The summed E-state index contributed by atoms with van der Waals surface area (Å²) in [6.45, 7) is 2.17. The third kappa shape index (κ3) is 3.62. The number of aromatic nitrogens is 3. The number of anilines is 1. The molecular weight excluding hydrogens is 242 g/mol. The molecular formula is C13H17N5O. The minimum absolute atomic E-state index is 0.0333. The lowest BCUT2D eigenvalue weighted by atomic mass is 10.3. The van der Waals surface area contributed by atoms with Crippen LogP contribution in [0.3, 0.4) is 0 Å². The van der Waals surface area contributed by atoms with E-state index in [9.17, 15) is 4.79 Å². The van der Waals surface area contributed by atoms with E-state index >= 15 is 0 Å². The topological polar surface area (TPSA) is 71.8 Å². The van der Waals surface area contributed by atoms with Crippen molar-refractivity contribution < 1.29 is 4.79 Å². The van der Waals surface area contributed by atoms with Crippen LogP contribution in [0.5, 0.6) is 0 Å². The zero-order chi connectivity index (χ0) is 13.7. The summed E-state index contributed by atoms with van der Waals surface area (Å²) in [5, 5.41) is 13.7. The molecule has 6 nitrogen and oxygen atoms in total. The van der Waals surface area contributed by atoms with Crippen molar-refractivity contribution in [1.82, 2.24) is 20.1 Å². The number of para-hydroxylation sites is 1. The molecule has 0 aliphatic carbocycles. The third-order valence-corrected chi connectivity index (χ3v) is 2.76. The molecule has 2 N–H and O–H groups in total. The first-order valence-corrected chi connectivity index (χ1v) is 6.09. The second-order valence-corrected chi connectivity index (χ2v) is 4.32. The van der Waals surface area contributed by atoms with Crippen molar-refractivity contribution in [3.8, 4) is 0 Å². The lowest BCUT2D eigenvalue weighted by Crippen LogP contribution is -2.31. The van der Waals surface area contributed by atoms with Gasteiger partial charge in [-0.2, -0.15) is 0 Å². The number of carbonyl (C=O) groups is 1. The molecule has 1 amide bonds. The number of nitrogens with one attached hydrogen (secondary N) is 2. The average molecular weight is 259 g/mol. The highest BCUT2D eigenvalue weighted by Gasteiger charge is 2.12. The van der Waals surface area contributed by atoms with Crippen LogP contribution >= 0.6 is 0 Å². The molecule has 0 aliphatic heterocycles. The maximum Gasteiger partial charge on any atom is 0.238 e. The molecule has 1 unspecified atom stereocenters. The van der Waals surface area contributed by atoms with E-state index in [4.69, 9.17) is 0 Å². The van der Waals surface area contributed by atoms with Gasteiger partial charge in [0, 0.05) is 12.7 Å². The van der Waals surface area contributed by atoms with Crippen LogP contribution in [-0.2, 0) is 11.8 Å². The van der Waals surface area contributed by atoms with Gasteiger partial charge in [0.15, 0.2) is 0 Å². The fraction of sp³-hybridized carbons (Fsp3) is 0.308. The molecule has 0 saturated carbocycles. The molecule has 2 aromatic rings. The van der Waals surface area contributed by atoms with Gasteiger partial charge in [-0.3, -0.25) is 10.1 Å². The Morgan fingerprint density at radius 2 is 2.11 bits per heavy atom. The molecule has 0 aliphatic rings. The van der Waals surface area contributed by atoms with Gasteiger partial charge < -0.3 is 9.88 Å². The Morgan fingerprint density at radius 3 is 2.74 bits per heavy atom. The number of amides is 1. The van der Waals surface area contributed by atoms with E-state index in [0.717, 1.165) is 11.5 Å². The van der Waals surface area contributed by atoms with Crippen LogP contribution in [0.2, 0.25) is 0 Å². The molecule has 2 rings (SSSR count). The van der Waals surface area contributed by atoms with E-state index < -0.39 is 0 Å². The van der Waals surface area contributed by atoms with E-state index in [-0.39, 0.29) is 18.5 Å². The average Bonchev–Trinajstić information content (AvgIpc) is 2.83. The first-order chi connectivity index (χ1) is 9.16. The number of rotatable bonds is 5. The van der Waals surface area contributed by atoms with Crippen LogP contribution in [0.1, 0.15) is 18.8 Å². The zero-order valence-electron chi connectivity index (χ0n) is 11.0. The number of carbonyl (C=O) groups excluding carboxylic acids is 1. The number of aryl methyl sites for hydroxylation is 1. The van der Waals surface area contributed by atoms with Crippen molar-refractivity contribution in [1.29, 1.82) is 0 Å². The summed E-state index contributed by atoms with van der Waals surface area (Å²) in [6.07, 6.45) is 1.64. The number of benzene rings is 1. The van der Waals surface area contributed by atoms with E-state index in [0.29, 0.717) is 0 Å². The molecule has 19 heavy (non-hydrogen) atoms. The third-order valence-electron chi connectivity index (χ3n) is 2.76. The SMILES string of the molecule is CC(NCC(=O)Nc1ccccc1)c1nncn1C. The highest BCUT2D eigenvalue weighted by atomic mass is 16.1. The second-order valence-electron chi connectivity index (χ2n) is 4.32. The van der Waals surface area contributed by atoms with Crippen LogP contribution in [0, 0.1) is 0 Å². The predicted molar refractivity (Wildman–Crippen MR) is 72.5 cm³/mol. The Kier molecular flexibility index (Phi) is 4.25. The van der Waals surface area contributed by atoms with Gasteiger partial charge in [0.05, 0.1) is 12.6 Å². The van der Waals surface area contributed by atoms with Gasteiger partial charge in [0.2, 0.25) is 5.91 Å². The summed E-state index contributed by atoms with van der Waals surface area (Å²) >= 11 is 0. The van der Waals surface area contributed by atoms with Gasteiger partial charge in [-0.1, -0.05) is 18.2 Å². The van der Waals surface area contributed by atoms with Crippen molar-refractivity contribution >= 4 is 11.6 Å². The van der Waals surface area contributed by atoms with Gasteiger partial charge in [0.1, 0.15) is 12.2 Å². The second kappa shape index (κ2) is 6.10. The van der Waals surface area contributed by atoms with Crippen molar-refractivity contribution in [2.24, 2.45) is 7.05 Å². The quantitative estimate of drug-likeness (QED) is 0.843. The zero-order valence-corrected chi connectivity index (χ0v) is 11.0. The molecule has 0 radical (unpaired) electrons. The summed E-state index contributed by atoms with van der Waals surface area (Å²) in [6, 6.07) is 9.34. The minimum Gasteiger partial charge on any atom is -0.325 e. The normalized spacial score (nSPS) is 12.1. The van der Waals surface area contributed by atoms with Gasteiger partial charge in [-0.25, -0.2) is 0 Å². The summed E-state index contributed by atoms with van der Waals surface area (Å²) in [7, 11) is 1.87. The molecule has 1 aromatic heterocycles. The molecule has 6 heteroatoms. The van der Waals surface area contributed by atoms with Gasteiger partial charge in [-0.05, 0) is 19.1 Å². The van der Waals surface area contributed by atoms with E-state index in [2.05, 4.69) is 20.8 Å². The number of hydrogen-bond donors (Lipinski definition) is 2. The molecule has 1 heterocycles. The van der Waals surface area contributed by atoms with Crippen LogP contribution in [0.25, 0.3) is 0 Å². The minimum atomic E-state index is -0.0831. The summed E-state index contributed by atoms with van der Waals surface area (Å²) in [4.78, 5) is 11.8. The standard InChI is InChI=1S/C13H17N5O/c1-10(13-17-15-9-18(13)2)14-8-12(19)16-11-6-4-3-5-7-11/h3-7,9-10,14H,8H2,1-2H3,(H,16,19). The summed E-state index contributed by atoms with van der Waals surface area (Å²) in [5.74, 6) is 0.715. The lowest BCUT2D eigenvalue weighted by molar-refractivity contribution is -0.115. The first-order valence-electron chi connectivity index (χ1n) is 6.09. The Morgan fingerprint density at radius 1 is 1.37 bits per heavy atom. The van der Waals surface area contributed by atoms with E-state index in [1.165, 1.54) is 0 Å². The summed E-state index contributed by atoms with van der Waals surface area (Å²) in [5.41, 5.74) is 0.792. The lowest BCUT2D eigenvalue weighted by Gasteiger charge is -2.12. The largest absolute Gasteiger partial charge is 0.325 e. The van der Waals surface area contributed by atoms with Gasteiger partial charge in [-0.15, -0.1) is 10.2 Å². The molecule has 1 atom stereocenters. The van der Waals surface area contributed by atoms with Gasteiger partial charge >= 0.3 is 0 Å². The Hall–Kier alpha value is -2.21. The molecule has 1 aromatic carbocycles. The molecule has 0 saturated heterocycles. The fourth-order valence-electron chi connectivity index (χ4n) is 1.75. The molecule has 0 bridgehead atoms. The molecule has 0 fully saturated rings. The molecule has 0 spiro atoms. The van der Waals surface area contributed by atoms with Gasteiger partial charge in [0.25, 0.3) is 0 Å². The summed E-state index contributed by atoms with van der Waals surface area (Å²) < 4.78 is 1.83. The highest BCUT2D eigenvalue weighted by Crippen LogP contribution is 2.07. The van der Waals surface area contributed by atoms with E-state index in [1.807, 2.05) is 48.9 Å². The number of nitrogens with zero attached hydrogens (tertiary/aromatic N) is 3. The van der Waals surface area contributed by atoms with Crippen molar-refractivity contribution in [2.45, 2.75) is 13.0 Å². The predicted octanol–water partition coefficient (Wildman–Crippen LogP) is 1.10. The van der Waals surface area contributed by atoms with Crippen molar-refractivity contribution in [3.63, 3.8) is 0 Å². The Bertz CT molecular complexity index is 537.